The zero-order chi connectivity index (χ0) is 9.56. The van der Waals surface area contributed by atoms with E-state index in [1.807, 2.05) is 0 Å². The maximum absolute atomic E-state index is 11.8. The largest absolute Gasteiger partial charge is 0.383 e. The Labute approximate surface area is 76.4 Å². The minimum atomic E-state index is -2.30. The maximum Gasteiger partial charge on any atom is 0.251 e. The third-order valence-electron chi connectivity index (χ3n) is 1.31. The molecule has 0 fully saturated rings. The molecule has 0 aromatic heterocycles. The zero-order valence-corrected chi connectivity index (χ0v) is 8.02. The first-order chi connectivity index (χ1) is 5.56. The minimum Gasteiger partial charge on any atom is -0.383 e. The van der Waals surface area contributed by atoms with Crippen LogP contribution in [0.4, 0.5) is 8.78 Å². The van der Waals surface area contributed by atoms with Gasteiger partial charge >= 0.3 is 0 Å². The summed E-state index contributed by atoms with van der Waals surface area (Å²) >= 11 is 5.75. The second-order valence-electron chi connectivity index (χ2n) is 2.66. The number of alkyl halides is 3. The minimum absolute atomic E-state index is 0.223. The van der Waals surface area contributed by atoms with E-state index in [1.54, 1.807) is 7.05 Å². The van der Waals surface area contributed by atoms with E-state index in [0.29, 0.717) is 13.2 Å². The van der Waals surface area contributed by atoms with Gasteiger partial charge in [0.05, 0.1) is 18.5 Å². The van der Waals surface area contributed by atoms with Crippen molar-refractivity contribution < 1.29 is 13.5 Å². The molecule has 5 heteroatoms. The Bertz CT molecular complexity index is 116. The fourth-order valence-corrected chi connectivity index (χ4v) is 1.24. The van der Waals surface area contributed by atoms with Crippen molar-refractivity contribution in [1.29, 1.82) is 0 Å². The molecule has 0 rings (SSSR count). The summed E-state index contributed by atoms with van der Waals surface area (Å²) in [6.45, 7) is 0.557. The summed E-state index contributed by atoms with van der Waals surface area (Å²) in [4.78, 5) is 1.49. The molecule has 0 aromatic carbocycles. The monoisotopic (exact) mass is 201 g/mol. The van der Waals surface area contributed by atoms with Gasteiger partial charge in [0.2, 0.25) is 0 Å². The van der Waals surface area contributed by atoms with Gasteiger partial charge in [0.25, 0.3) is 6.43 Å². The van der Waals surface area contributed by atoms with E-state index in [-0.39, 0.29) is 11.9 Å². The van der Waals surface area contributed by atoms with E-state index in [0.717, 1.165) is 0 Å². The predicted molar refractivity (Wildman–Crippen MR) is 45.0 cm³/mol. The smallest absolute Gasteiger partial charge is 0.251 e. The zero-order valence-electron chi connectivity index (χ0n) is 7.27. The van der Waals surface area contributed by atoms with Crippen molar-refractivity contribution in [2.75, 3.05) is 33.9 Å². The van der Waals surface area contributed by atoms with Crippen LogP contribution in [-0.2, 0) is 4.74 Å². The molecule has 1 unspecified atom stereocenters. The molecule has 0 bridgehead atoms. The van der Waals surface area contributed by atoms with E-state index >= 15 is 0 Å². The molecule has 0 saturated heterocycles. The van der Waals surface area contributed by atoms with E-state index < -0.39 is 6.43 Å². The molecule has 0 N–H and O–H groups in total. The first-order valence-electron chi connectivity index (χ1n) is 3.66. The normalized spacial score (nSPS) is 14.2. The van der Waals surface area contributed by atoms with Gasteiger partial charge < -0.3 is 4.74 Å². The summed E-state index contributed by atoms with van der Waals surface area (Å²) in [7, 11) is 3.14. The molecule has 0 spiro atoms. The lowest BCUT2D eigenvalue weighted by Crippen LogP contribution is -2.32. The highest BCUT2D eigenvalue weighted by atomic mass is 35.5. The van der Waals surface area contributed by atoms with Gasteiger partial charge in [-0.25, -0.2) is 8.78 Å². The number of nitrogens with zero attached hydrogens (tertiary/aromatic N) is 1. The molecule has 0 aliphatic rings. The Kier molecular flexibility index (Phi) is 6.61. The third-order valence-corrected chi connectivity index (χ3v) is 1.57. The third kappa shape index (κ3) is 6.76. The number of hydrogen-bond donors (Lipinski definition) is 0. The van der Waals surface area contributed by atoms with Gasteiger partial charge in [-0.3, -0.25) is 4.90 Å². The van der Waals surface area contributed by atoms with Crippen molar-refractivity contribution in [1.82, 2.24) is 4.90 Å². The van der Waals surface area contributed by atoms with Crippen molar-refractivity contribution in [3.05, 3.63) is 0 Å². The Morgan fingerprint density at radius 3 is 2.42 bits per heavy atom. The van der Waals surface area contributed by atoms with E-state index in [9.17, 15) is 8.78 Å². The molecule has 0 heterocycles. The fraction of sp³-hybridized carbons (Fsp3) is 1.00. The van der Waals surface area contributed by atoms with Crippen LogP contribution in [0.3, 0.4) is 0 Å². The van der Waals surface area contributed by atoms with Crippen molar-refractivity contribution in [2.45, 2.75) is 11.8 Å². The maximum atomic E-state index is 11.8. The number of halogens is 3. The molecule has 1 atom stereocenters. The molecule has 74 valence electrons. The second-order valence-corrected chi connectivity index (χ2v) is 3.28. The summed E-state index contributed by atoms with van der Waals surface area (Å²) in [5.74, 6) is 0. The molecule has 0 amide bonds. The van der Waals surface area contributed by atoms with Crippen LogP contribution in [0.25, 0.3) is 0 Å². The van der Waals surface area contributed by atoms with Crippen LogP contribution in [-0.4, -0.2) is 50.6 Å². The molecule has 0 aromatic rings. The van der Waals surface area contributed by atoms with Crippen molar-refractivity contribution in [3.63, 3.8) is 0 Å². The Morgan fingerprint density at radius 2 is 2.00 bits per heavy atom. The van der Waals surface area contributed by atoms with Gasteiger partial charge in [0, 0.05) is 13.7 Å². The summed E-state index contributed by atoms with van der Waals surface area (Å²) in [5.41, 5.74) is 0. The molecule has 12 heavy (non-hydrogen) atoms. The Morgan fingerprint density at radius 1 is 1.42 bits per heavy atom. The average Bonchev–Trinajstić information content (AvgIpc) is 1.84. The van der Waals surface area contributed by atoms with Crippen LogP contribution in [0.15, 0.2) is 0 Å². The highest BCUT2D eigenvalue weighted by molar-refractivity contribution is 6.20. The summed E-state index contributed by atoms with van der Waals surface area (Å²) in [5, 5.41) is -0.223. The molecule has 2 nitrogen and oxygen atoms in total. The van der Waals surface area contributed by atoms with Crippen LogP contribution in [0.5, 0.6) is 0 Å². The van der Waals surface area contributed by atoms with E-state index in [2.05, 4.69) is 0 Å². The van der Waals surface area contributed by atoms with Crippen LogP contribution in [0.2, 0.25) is 0 Å². The van der Waals surface area contributed by atoms with Gasteiger partial charge in [-0.15, -0.1) is 11.6 Å². The average molecular weight is 202 g/mol. The van der Waals surface area contributed by atoms with Crippen molar-refractivity contribution >= 4 is 11.6 Å². The van der Waals surface area contributed by atoms with Crippen molar-refractivity contribution in [2.24, 2.45) is 0 Å². The summed E-state index contributed by atoms with van der Waals surface area (Å²) < 4.78 is 28.4. The van der Waals surface area contributed by atoms with E-state index in [1.165, 1.54) is 12.0 Å². The molecular formula is C7H14ClF2NO. The van der Waals surface area contributed by atoms with Crippen LogP contribution in [0, 0.1) is 0 Å². The lowest BCUT2D eigenvalue weighted by Gasteiger charge is -2.18. The summed E-state index contributed by atoms with van der Waals surface area (Å²) in [6, 6.07) is 0. The standard InChI is InChI=1S/C7H14ClF2NO/c1-11(4-7(9)10)3-6(8)5-12-2/h6-7H,3-5H2,1-2H3. The topological polar surface area (TPSA) is 12.5 Å². The number of ether oxygens (including phenoxy) is 1. The highest BCUT2D eigenvalue weighted by Crippen LogP contribution is 2.01. The first kappa shape index (κ1) is 12.1. The quantitative estimate of drug-likeness (QED) is 0.603. The Hall–Kier alpha value is 0.0700. The lowest BCUT2D eigenvalue weighted by atomic mass is 10.4. The SMILES string of the molecule is COCC(Cl)CN(C)CC(F)F. The predicted octanol–water partition coefficient (Wildman–Crippen LogP) is 1.44. The Balaban J connectivity index is 3.46. The summed E-state index contributed by atoms with van der Waals surface area (Å²) in [6.07, 6.45) is -2.30. The van der Waals surface area contributed by atoms with Crippen molar-refractivity contribution in [3.8, 4) is 0 Å². The first-order valence-corrected chi connectivity index (χ1v) is 4.09. The van der Waals surface area contributed by atoms with E-state index in [4.69, 9.17) is 16.3 Å². The molecule has 0 aliphatic carbocycles. The van der Waals surface area contributed by atoms with Crippen LogP contribution in [0.1, 0.15) is 0 Å². The number of rotatable bonds is 6. The molecule has 0 radical (unpaired) electrons. The molecule has 0 saturated carbocycles. The molecule has 0 aliphatic heterocycles. The number of hydrogen-bond acceptors (Lipinski definition) is 2. The van der Waals surface area contributed by atoms with Crippen LogP contribution < -0.4 is 0 Å². The fourth-order valence-electron chi connectivity index (χ4n) is 0.882. The van der Waals surface area contributed by atoms with Gasteiger partial charge in [-0.1, -0.05) is 0 Å². The lowest BCUT2D eigenvalue weighted by molar-refractivity contribution is 0.0952. The van der Waals surface area contributed by atoms with Gasteiger partial charge in [-0.2, -0.15) is 0 Å². The second kappa shape index (κ2) is 6.57. The van der Waals surface area contributed by atoms with Gasteiger partial charge in [0.15, 0.2) is 0 Å². The van der Waals surface area contributed by atoms with Gasteiger partial charge in [-0.05, 0) is 7.05 Å². The molecular weight excluding hydrogens is 188 g/mol. The highest BCUT2D eigenvalue weighted by Gasteiger charge is 2.11. The van der Waals surface area contributed by atoms with Crippen LogP contribution >= 0.6 is 11.6 Å². The van der Waals surface area contributed by atoms with Gasteiger partial charge in [0.1, 0.15) is 0 Å². The number of methoxy groups -OCH3 is 1.